The molecule has 0 aliphatic heterocycles. The van der Waals surface area contributed by atoms with Crippen LogP contribution in [0.15, 0.2) is 71.6 Å². The van der Waals surface area contributed by atoms with Gasteiger partial charge in [0.15, 0.2) is 0 Å². The lowest BCUT2D eigenvalue weighted by atomic mass is 9.94. The van der Waals surface area contributed by atoms with E-state index in [9.17, 15) is 13.5 Å². The third-order valence-corrected chi connectivity index (χ3v) is 6.84. The van der Waals surface area contributed by atoms with E-state index in [4.69, 9.17) is 0 Å². The second-order valence-corrected chi connectivity index (χ2v) is 9.48. The Morgan fingerprint density at radius 3 is 2.00 bits per heavy atom. The molecule has 0 spiro atoms. The molecule has 3 rings (SSSR count). The van der Waals surface area contributed by atoms with Gasteiger partial charge in [-0.05, 0) is 67.1 Å². The minimum absolute atomic E-state index is 0.119. The highest BCUT2D eigenvalue weighted by molar-refractivity contribution is 7.89. The number of benzene rings is 3. The monoisotopic (exact) mass is 409 g/mol. The van der Waals surface area contributed by atoms with E-state index < -0.39 is 15.6 Å². The number of sulfonamides is 1. The number of aryl methyl sites for hydroxylation is 3. The molecule has 0 aliphatic carbocycles. The summed E-state index contributed by atoms with van der Waals surface area (Å²) in [5.41, 5.74) is 4.09. The molecule has 3 aromatic carbocycles. The van der Waals surface area contributed by atoms with Crippen molar-refractivity contribution in [2.24, 2.45) is 0 Å². The lowest BCUT2D eigenvalue weighted by Gasteiger charge is -2.25. The highest BCUT2D eigenvalue weighted by Gasteiger charge is 2.27. The van der Waals surface area contributed by atoms with Crippen LogP contribution in [0.5, 0.6) is 0 Å². The largest absolute Gasteiger partial charge is 0.384 e. The Bertz CT molecular complexity index is 1100. The Labute approximate surface area is 173 Å². The standard InChI is InChI=1S/C24H27NO3S/c1-17-14-19(3)23(15-18(17)2)29(27,28)25-16-24(4,26)22-12-10-21(11-13-22)20-8-6-5-7-9-20/h5-15,25-26H,16H2,1-4H3. The minimum Gasteiger partial charge on any atom is -0.384 e. The number of hydrogen-bond acceptors (Lipinski definition) is 3. The predicted octanol–water partition coefficient (Wildman–Crippen LogP) is 4.46. The Hall–Kier alpha value is -2.47. The summed E-state index contributed by atoms with van der Waals surface area (Å²) < 4.78 is 28.2. The first-order chi connectivity index (χ1) is 13.6. The van der Waals surface area contributed by atoms with Crippen molar-refractivity contribution in [2.45, 2.75) is 38.2 Å². The van der Waals surface area contributed by atoms with Gasteiger partial charge in [0, 0.05) is 6.54 Å². The summed E-state index contributed by atoms with van der Waals surface area (Å²) in [6, 6.07) is 21.0. The Morgan fingerprint density at radius 2 is 1.38 bits per heavy atom. The maximum absolute atomic E-state index is 12.8. The lowest BCUT2D eigenvalue weighted by molar-refractivity contribution is 0.0627. The summed E-state index contributed by atoms with van der Waals surface area (Å²) in [6.45, 7) is 7.11. The Morgan fingerprint density at radius 1 is 0.828 bits per heavy atom. The zero-order chi connectivity index (χ0) is 21.2. The van der Waals surface area contributed by atoms with Gasteiger partial charge >= 0.3 is 0 Å². The van der Waals surface area contributed by atoms with E-state index >= 15 is 0 Å². The molecule has 0 heterocycles. The Kier molecular flexibility index (Phi) is 5.94. The molecule has 4 nitrogen and oxygen atoms in total. The van der Waals surface area contributed by atoms with Crippen molar-refractivity contribution in [1.29, 1.82) is 0 Å². The molecule has 0 fully saturated rings. The number of rotatable bonds is 6. The smallest absolute Gasteiger partial charge is 0.240 e. The van der Waals surface area contributed by atoms with Crippen molar-refractivity contribution < 1.29 is 13.5 Å². The molecule has 0 aliphatic rings. The van der Waals surface area contributed by atoms with E-state index in [0.29, 0.717) is 11.1 Å². The van der Waals surface area contributed by atoms with Gasteiger partial charge in [0.1, 0.15) is 5.60 Å². The second-order valence-electron chi connectivity index (χ2n) is 7.74. The fourth-order valence-electron chi connectivity index (χ4n) is 3.29. The molecule has 152 valence electrons. The Balaban J connectivity index is 1.78. The molecular weight excluding hydrogens is 382 g/mol. The van der Waals surface area contributed by atoms with Gasteiger partial charge in [0.2, 0.25) is 10.0 Å². The van der Waals surface area contributed by atoms with Gasteiger partial charge in [-0.25, -0.2) is 13.1 Å². The normalized spacial score (nSPS) is 13.8. The molecule has 0 saturated carbocycles. The van der Waals surface area contributed by atoms with Crippen molar-refractivity contribution in [2.75, 3.05) is 6.54 Å². The molecule has 1 atom stereocenters. The first kappa shape index (κ1) is 21.2. The zero-order valence-corrected chi connectivity index (χ0v) is 18.0. The van der Waals surface area contributed by atoms with Gasteiger partial charge in [-0.15, -0.1) is 0 Å². The average Bonchev–Trinajstić information content (AvgIpc) is 2.70. The third kappa shape index (κ3) is 4.75. The van der Waals surface area contributed by atoms with Crippen LogP contribution in [-0.4, -0.2) is 20.1 Å². The summed E-state index contributed by atoms with van der Waals surface area (Å²) in [5, 5.41) is 10.9. The van der Waals surface area contributed by atoms with Crippen LogP contribution in [0.2, 0.25) is 0 Å². The van der Waals surface area contributed by atoms with Crippen LogP contribution in [0.4, 0.5) is 0 Å². The van der Waals surface area contributed by atoms with Crippen molar-refractivity contribution in [1.82, 2.24) is 4.72 Å². The molecule has 0 amide bonds. The van der Waals surface area contributed by atoms with Crippen LogP contribution >= 0.6 is 0 Å². The van der Waals surface area contributed by atoms with E-state index in [2.05, 4.69) is 4.72 Å². The molecular formula is C24H27NO3S. The molecule has 1 unspecified atom stereocenters. The van der Waals surface area contributed by atoms with E-state index in [1.807, 2.05) is 74.5 Å². The van der Waals surface area contributed by atoms with Gasteiger partial charge in [-0.3, -0.25) is 0 Å². The van der Waals surface area contributed by atoms with Gasteiger partial charge in [-0.2, -0.15) is 0 Å². The van der Waals surface area contributed by atoms with Gasteiger partial charge in [0.25, 0.3) is 0 Å². The maximum Gasteiger partial charge on any atom is 0.240 e. The molecule has 0 saturated heterocycles. The molecule has 5 heteroatoms. The van der Waals surface area contributed by atoms with Gasteiger partial charge < -0.3 is 5.11 Å². The summed E-state index contributed by atoms with van der Waals surface area (Å²) in [6.07, 6.45) is 0. The van der Waals surface area contributed by atoms with E-state index in [0.717, 1.165) is 22.3 Å². The van der Waals surface area contributed by atoms with Gasteiger partial charge in [-0.1, -0.05) is 60.7 Å². The highest BCUT2D eigenvalue weighted by Crippen LogP contribution is 2.26. The first-order valence-corrected chi connectivity index (χ1v) is 11.0. The summed E-state index contributed by atoms with van der Waals surface area (Å²) in [7, 11) is -3.73. The number of nitrogens with one attached hydrogen (secondary N) is 1. The van der Waals surface area contributed by atoms with Crippen LogP contribution in [0.1, 0.15) is 29.2 Å². The molecule has 2 N–H and O–H groups in total. The quantitative estimate of drug-likeness (QED) is 0.631. The maximum atomic E-state index is 12.8. The molecule has 0 bridgehead atoms. The zero-order valence-electron chi connectivity index (χ0n) is 17.2. The van der Waals surface area contributed by atoms with E-state index in [-0.39, 0.29) is 11.4 Å². The summed E-state index contributed by atoms with van der Waals surface area (Å²) >= 11 is 0. The van der Waals surface area contributed by atoms with Crippen molar-refractivity contribution in [3.63, 3.8) is 0 Å². The first-order valence-electron chi connectivity index (χ1n) is 9.56. The fraction of sp³-hybridized carbons (Fsp3) is 0.250. The fourth-order valence-corrected chi connectivity index (χ4v) is 4.73. The van der Waals surface area contributed by atoms with Crippen LogP contribution in [-0.2, 0) is 15.6 Å². The minimum atomic E-state index is -3.73. The average molecular weight is 410 g/mol. The molecule has 29 heavy (non-hydrogen) atoms. The van der Waals surface area contributed by atoms with Gasteiger partial charge in [0.05, 0.1) is 4.90 Å². The van der Waals surface area contributed by atoms with Crippen LogP contribution in [0, 0.1) is 20.8 Å². The molecule has 0 radical (unpaired) electrons. The van der Waals surface area contributed by atoms with Crippen molar-refractivity contribution in [3.05, 3.63) is 89.0 Å². The SMILES string of the molecule is Cc1cc(C)c(S(=O)(=O)NCC(C)(O)c2ccc(-c3ccccc3)cc2)cc1C. The molecule has 3 aromatic rings. The number of hydrogen-bond donors (Lipinski definition) is 2. The summed E-state index contributed by atoms with van der Waals surface area (Å²) in [4.78, 5) is 0.246. The van der Waals surface area contributed by atoms with E-state index in [1.165, 1.54) is 0 Å². The third-order valence-electron chi connectivity index (χ3n) is 5.30. The van der Waals surface area contributed by atoms with Crippen LogP contribution < -0.4 is 4.72 Å². The van der Waals surface area contributed by atoms with E-state index in [1.54, 1.807) is 19.9 Å². The van der Waals surface area contributed by atoms with Crippen LogP contribution in [0.3, 0.4) is 0 Å². The van der Waals surface area contributed by atoms with Crippen molar-refractivity contribution in [3.8, 4) is 11.1 Å². The molecule has 0 aromatic heterocycles. The van der Waals surface area contributed by atoms with Crippen LogP contribution in [0.25, 0.3) is 11.1 Å². The van der Waals surface area contributed by atoms with Crippen molar-refractivity contribution >= 4 is 10.0 Å². The predicted molar refractivity (Wildman–Crippen MR) is 117 cm³/mol. The highest BCUT2D eigenvalue weighted by atomic mass is 32.2. The summed E-state index contributed by atoms with van der Waals surface area (Å²) in [5.74, 6) is 0. The topological polar surface area (TPSA) is 66.4 Å². The lowest BCUT2D eigenvalue weighted by Crippen LogP contribution is -2.38. The number of aliphatic hydroxyl groups is 1. The second kappa shape index (κ2) is 8.11.